The van der Waals surface area contributed by atoms with E-state index in [0.717, 1.165) is 0 Å². The van der Waals surface area contributed by atoms with Crippen molar-refractivity contribution in [2.24, 2.45) is 62.1 Å². The first-order valence-electron chi connectivity index (χ1n) is 29.3. The number of phenolic OH excluding ortho intramolecular Hbond substituents is 1. The molecule has 2 aromatic carbocycles. The summed E-state index contributed by atoms with van der Waals surface area (Å²) >= 11 is 0. The number of nitrogens with one attached hydrogen (secondary N) is 7. The zero-order valence-corrected chi connectivity index (χ0v) is 50.8. The zero-order valence-electron chi connectivity index (χ0n) is 50.8. The van der Waals surface area contributed by atoms with Gasteiger partial charge in [-0.25, -0.2) is 4.79 Å². The van der Waals surface area contributed by atoms with Gasteiger partial charge >= 0.3 is 5.97 Å². The predicted molar refractivity (Wildman–Crippen MR) is 324 cm³/mol. The Morgan fingerprint density at radius 2 is 1.07 bits per heavy atom. The van der Waals surface area contributed by atoms with E-state index in [9.17, 15) is 58.2 Å². The third kappa shape index (κ3) is 24.6. The van der Waals surface area contributed by atoms with E-state index in [1.54, 1.807) is 58.9 Å². The van der Waals surface area contributed by atoms with Crippen LogP contribution in [0.2, 0.25) is 0 Å². The summed E-state index contributed by atoms with van der Waals surface area (Å²) < 4.78 is 5.20. The van der Waals surface area contributed by atoms with Crippen molar-refractivity contribution in [1.82, 2.24) is 42.1 Å². The topological polar surface area (TPSA) is 489 Å². The molecule has 0 aromatic heterocycles. The Morgan fingerprint density at radius 3 is 1.55 bits per heavy atom. The van der Waals surface area contributed by atoms with E-state index in [0.29, 0.717) is 36.1 Å². The highest BCUT2D eigenvalue weighted by molar-refractivity contribution is 5.99. The van der Waals surface area contributed by atoms with Crippen molar-refractivity contribution in [3.05, 3.63) is 59.7 Å². The maximum absolute atomic E-state index is 14.8. The molecule has 0 radical (unpaired) electrons. The van der Waals surface area contributed by atoms with Crippen molar-refractivity contribution in [3.63, 3.8) is 0 Å². The molecule has 1 fully saturated rings. The standard InChI is InChI=1S/C58H92N16O13/c1-8-32(5)46(60)53(82)71-42(30-45(59)76)55(84)74-26-12-15-44(74)52(81)73-47(33(6)9-2)54(83)70-41(28-34-16-20-36(75)21-17-34)51(80)68-38(13-10-24-65-57(61)62)48(77)69-40(27-31(3)4)50(79)67-39(14-11-25-66-58(63)64)49(78)72-43(56(85)86)29-35-18-22-37(87-7)23-19-35/h16-23,31-33,38-44,46-47,75H,8-15,24-30,60H2,1-7H3,(H2,59,76)(H,67,79)(H,68,80)(H,69,77)(H,70,83)(H,71,82)(H,72,78)(H,73,81)(H,85,86)(H4,61,62,65)(H4,63,64,66)/t32-,33-,38-,39-,40-,41-,42-,43-,44-,46-,47-/m0/s1. The lowest BCUT2D eigenvalue weighted by atomic mass is 9.96. The van der Waals surface area contributed by atoms with Gasteiger partial charge in [0.1, 0.15) is 59.8 Å². The number of hydrogen-bond acceptors (Lipinski definition) is 15. The van der Waals surface area contributed by atoms with E-state index >= 15 is 0 Å². The normalized spacial score (nSPS) is 16.3. The Morgan fingerprint density at radius 1 is 0.609 bits per heavy atom. The van der Waals surface area contributed by atoms with Crippen molar-refractivity contribution >= 4 is 71.1 Å². The van der Waals surface area contributed by atoms with Crippen molar-refractivity contribution < 1.29 is 62.9 Å². The number of benzene rings is 2. The second-order valence-electron chi connectivity index (χ2n) is 22.3. The van der Waals surface area contributed by atoms with Crippen LogP contribution in [0.5, 0.6) is 11.5 Å². The van der Waals surface area contributed by atoms with Crippen molar-refractivity contribution in [3.8, 4) is 11.5 Å². The smallest absolute Gasteiger partial charge is 0.326 e. The maximum Gasteiger partial charge on any atom is 0.326 e. The molecule has 9 amide bonds. The summed E-state index contributed by atoms with van der Waals surface area (Å²) in [5.74, 6) is -9.78. The van der Waals surface area contributed by atoms with Gasteiger partial charge in [0.05, 0.1) is 19.6 Å². The molecule has 0 bridgehead atoms. The number of amides is 9. The lowest BCUT2D eigenvalue weighted by Crippen LogP contribution is -2.61. The van der Waals surface area contributed by atoms with Gasteiger partial charge in [-0.15, -0.1) is 0 Å². The van der Waals surface area contributed by atoms with Gasteiger partial charge in [-0.05, 0) is 98.1 Å². The number of nitrogens with zero attached hydrogens (tertiary/aromatic N) is 3. The van der Waals surface area contributed by atoms with Crippen LogP contribution < -0.4 is 76.4 Å². The minimum Gasteiger partial charge on any atom is -0.508 e. The summed E-state index contributed by atoms with van der Waals surface area (Å²) in [6.07, 6.45) is 0.563. The summed E-state index contributed by atoms with van der Waals surface area (Å²) in [6, 6.07) is 0.346. The minimum atomic E-state index is -1.48. The molecule has 29 nitrogen and oxygen atoms in total. The number of aromatic hydroxyl groups is 1. The Kier molecular flexibility index (Phi) is 30.2. The fraction of sp³-hybridized carbons (Fsp3) is 0.586. The molecule has 0 saturated carbocycles. The first-order chi connectivity index (χ1) is 41.1. The number of carbonyl (C=O) groups excluding carboxylic acids is 9. The fourth-order valence-corrected chi connectivity index (χ4v) is 9.51. The summed E-state index contributed by atoms with van der Waals surface area (Å²) in [6.45, 7) is 10.7. The van der Waals surface area contributed by atoms with Crippen molar-refractivity contribution in [2.45, 2.75) is 173 Å². The maximum atomic E-state index is 14.8. The van der Waals surface area contributed by atoms with E-state index in [-0.39, 0.29) is 101 Å². The number of rotatable bonds is 37. The highest BCUT2D eigenvalue weighted by Gasteiger charge is 2.41. The number of hydrogen-bond donors (Lipinski definition) is 15. The molecule has 21 N–H and O–H groups in total. The van der Waals surface area contributed by atoms with Gasteiger partial charge in [-0.3, -0.25) is 53.1 Å². The van der Waals surface area contributed by atoms with E-state index in [4.69, 9.17) is 39.1 Å². The number of methoxy groups -OCH3 is 1. The number of carboxylic acids is 1. The van der Waals surface area contributed by atoms with E-state index in [1.165, 1.54) is 36.3 Å². The lowest BCUT2D eigenvalue weighted by molar-refractivity contribution is -0.143. The molecule has 1 saturated heterocycles. The van der Waals surface area contributed by atoms with Crippen LogP contribution >= 0.6 is 0 Å². The van der Waals surface area contributed by atoms with Crippen LogP contribution in [-0.4, -0.2) is 167 Å². The molecule has 29 heteroatoms. The summed E-state index contributed by atoms with van der Waals surface area (Å²) in [7, 11) is 1.48. The number of likely N-dealkylation sites (tertiary alicyclic amines) is 1. The van der Waals surface area contributed by atoms with Crippen LogP contribution in [0.3, 0.4) is 0 Å². The highest BCUT2D eigenvalue weighted by Crippen LogP contribution is 2.22. The Bertz CT molecular complexity index is 2700. The fourth-order valence-electron chi connectivity index (χ4n) is 9.51. The minimum absolute atomic E-state index is 0.00511. The first-order valence-corrected chi connectivity index (χ1v) is 29.3. The molecule has 0 spiro atoms. The second-order valence-corrected chi connectivity index (χ2v) is 22.3. The molecular weight excluding hydrogens is 1130 g/mol. The Hall–Kier alpha value is -8.76. The largest absolute Gasteiger partial charge is 0.508 e. The SMILES string of the molecule is CC[C@H](C)[C@H](N)C(=O)N[C@@H](CC(N)=O)C(=O)N1CCC[C@H]1C(=O)N[C@H](C(=O)N[C@@H](Cc1ccc(O)cc1)C(=O)N[C@@H](CCCN=C(N)N)C(=O)N[C@@H](CC(C)C)C(=O)N[C@@H](CCCN=C(N)N)C(=O)N[C@@H](Cc1ccc(OC)cc1)C(=O)O)[C@@H](C)CC. The summed E-state index contributed by atoms with van der Waals surface area (Å²) in [5.41, 5.74) is 34.9. The van der Waals surface area contributed by atoms with Gasteiger partial charge < -0.3 is 91.5 Å². The van der Waals surface area contributed by atoms with Crippen LogP contribution in [0.25, 0.3) is 0 Å². The number of carboxylic acid groups (broad SMARTS) is 1. The molecule has 3 rings (SSSR count). The van der Waals surface area contributed by atoms with Crippen LogP contribution in [0.4, 0.5) is 0 Å². The van der Waals surface area contributed by atoms with Gasteiger partial charge in [0.25, 0.3) is 0 Å². The number of aliphatic carboxylic acids is 1. The number of nitrogens with two attached hydrogens (primary N) is 6. The highest BCUT2D eigenvalue weighted by atomic mass is 16.5. The van der Waals surface area contributed by atoms with Crippen LogP contribution in [0.15, 0.2) is 58.5 Å². The molecule has 1 heterocycles. The average molecular weight is 1220 g/mol. The van der Waals surface area contributed by atoms with Gasteiger partial charge in [-0.2, -0.15) is 0 Å². The van der Waals surface area contributed by atoms with Crippen LogP contribution in [0.1, 0.15) is 117 Å². The summed E-state index contributed by atoms with van der Waals surface area (Å²) in [4.78, 5) is 148. The van der Waals surface area contributed by atoms with Crippen LogP contribution in [0, 0.1) is 17.8 Å². The molecule has 87 heavy (non-hydrogen) atoms. The van der Waals surface area contributed by atoms with Gasteiger partial charge in [-0.1, -0.05) is 78.6 Å². The molecule has 1 aliphatic rings. The average Bonchev–Trinajstić information content (AvgIpc) is 2.65. The quantitative estimate of drug-likeness (QED) is 0.0200. The molecule has 1 aliphatic heterocycles. The van der Waals surface area contributed by atoms with Gasteiger partial charge in [0.2, 0.25) is 53.2 Å². The van der Waals surface area contributed by atoms with Gasteiger partial charge in [0, 0.05) is 32.5 Å². The molecule has 0 unspecified atom stereocenters. The zero-order chi connectivity index (χ0) is 65.1. The monoisotopic (exact) mass is 1220 g/mol. The third-order valence-corrected chi connectivity index (χ3v) is 14.9. The molecule has 2 aromatic rings. The molecule has 0 aliphatic carbocycles. The van der Waals surface area contributed by atoms with Crippen LogP contribution in [-0.2, 0) is 60.8 Å². The van der Waals surface area contributed by atoms with Gasteiger partial charge in [0.15, 0.2) is 11.9 Å². The predicted octanol–water partition coefficient (Wildman–Crippen LogP) is -1.90. The number of aliphatic imine (C=N–C) groups is 2. The molecule has 11 atom stereocenters. The third-order valence-electron chi connectivity index (χ3n) is 14.9. The van der Waals surface area contributed by atoms with Crippen molar-refractivity contribution in [1.29, 1.82) is 0 Å². The lowest BCUT2D eigenvalue weighted by Gasteiger charge is -2.32. The molecule has 482 valence electrons. The summed E-state index contributed by atoms with van der Waals surface area (Å²) in [5, 5.41) is 39.0. The Balaban J connectivity index is 1.99. The van der Waals surface area contributed by atoms with E-state index in [2.05, 4.69) is 47.2 Å². The molecular formula is C58H92N16O13. The first kappa shape index (κ1) is 72.5. The van der Waals surface area contributed by atoms with Crippen molar-refractivity contribution in [2.75, 3.05) is 26.7 Å². The Labute approximate surface area is 507 Å². The number of phenols is 1. The second kappa shape index (κ2) is 36.3. The van der Waals surface area contributed by atoms with E-state index in [1.807, 2.05) is 6.92 Å². The number of ether oxygens (including phenoxy) is 1. The van der Waals surface area contributed by atoms with E-state index < -0.39 is 126 Å². The number of primary amides is 1. The number of carbonyl (C=O) groups is 10. The number of guanidine groups is 2.